The van der Waals surface area contributed by atoms with Crippen molar-refractivity contribution >= 4 is 0 Å². The molecule has 0 saturated heterocycles. The number of rotatable bonds is 5. The van der Waals surface area contributed by atoms with Gasteiger partial charge in [-0.3, -0.25) is 0 Å². The largest absolute Gasteiger partial charge is 0.307 e. The molecule has 0 rings (SSSR count). The van der Waals surface area contributed by atoms with Gasteiger partial charge in [0.15, 0.2) is 0 Å². The molecule has 1 N–H and O–H groups in total. The Hall–Kier alpha value is -0.820. The maximum absolute atomic E-state index is 3.68. The van der Waals surface area contributed by atoms with Crippen LogP contribution >= 0.6 is 0 Å². The minimum atomic E-state index is 0.424. The molecular formula is C12H21N. The summed E-state index contributed by atoms with van der Waals surface area (Å²) in [7, 11) is 0. The zero-order valence-electron chi connectivity index (χ0n) is 9.22. The summed E-state index contributed by atoms with van der Waals surface area (Å²) in [5.74, 6) is 0. The molecule has 0 heterocycles. The van der Waals surface area contributed by atoms with Gasteiger partial charge in [-0.15, -0.1) is 6.58 Å². The highest BCUT2D eigenvalue weighted by Gasteiger charge is 2.00. The van der Waals surface area contributed by atoms with Crippen LogP contribution in [0.2, 0.25) is 0 Å². The second-order valence-corrected chi connectivity index (χ2v) is 3.34. The summed E-state index contributed by atoms with van der Waals surface area (Å²) in [5.41, 5.74) is 2.67. The molecule has 0 aliphatic heterocycles. The summed E-state index contributed by atoms with van der Waals surface area (Å²) < 4.78 is 0. The summed E-state index contributed by atoms with van der Waals surface area (Å²) in [4.78, 5) is 0. The van der Waals surface area contributed by atoms with Gasteiger partial charge < -0.3 is 5.32 Å². The van der Waals surface area contributed by atoms with Crippen LogP contribution < -0.4 is 5.32 Å². The fourth-order valence-electron chi connectivity index (χ4n) is 0.989. The molecule has 0 aromatic carbocycles. The lowest BCUT2D eigenvalue weighted by molar-refractivity contribution is 0.654. The van der Waals surface area contributed by atoms with E-state index in [0.717, 1.165) is 6.54 Å². The maximum atomic E-state index is 3.68. The van der Waals surface area contributed by atoms with Crippen molar-refractivity contribution < 1.29 is 0 Å². The number of hydrogen-bond donors (Lipinski definition) is 1. The highest BCUT2D eigenvalue weighted by Crippen LogP contribution is 2.05. The average molecular weight is 179 g/mol. The lowest BCUT2D eigenvalue weighted by atomic mass is 10.1. The summed E-state index contributed by atoms with van der Waals surface area (Å²) in [6.07, 6.45) is 6.21. The van der Waals surface area contributed by atoms with Crippen LogP contribution in [0.15, 0.2) is 36.0 Å². The predicted molar refractivity (Wildman–Crippen MR) is 60.8 cm³/mol. The second kappa shape index (κ2) is 6.67. The second-order valence-electron chi connectivity index (χ2n) is 3.34. The zero-order chi connectivity index (χ0) is 10.3. The van der Waals surface area contributed by atoms with Gasteiger partial charge in [0, 0.05) is 12.6 Å². The smallest absolute Gasteiger partial charge is 0.0254 e. The van der Waals surface area contributed by atoms with Crippen LogP contribution in [0.5, 0.6) is 0 Å². The van der Waals surface area contributed by atoms with Crippen LogP contribution in [0.3, 0.4) is 0 Å². The maximum Gasteiger partial charge on any atom is 0.0254 e. The molecule has 0 aromatic heterocycles. The SMILES string of the molecule is C=CCNC(C)/C(C)=C/C(C)=C\C. The van der Waals surface area contributed by atoms with Crippen LogP contribution in [0.1, 0.15) is 27.7 Å². The van der Waals surface area contributed by atoms with Crippen molar-refractivity contribution in [2.24, 2.45) is 0 Å². The lowest BCUT2D eigenvalue weighted by Gasteiger charge is -2.13. The fourth-order valence-corrected chi connectivity index (χ4v) is 0.989. The van der Waals surface area contributed by atoms with Crippen LogP contribution in [0.25, 0.3) is 0 Å². The number of allylic oxidation sites excluding steroid dienone is 3. The van der Waals surface area contributed by atoms with E-state index in [1.807, 2.05) is 6.08 Å². The number of nitrogens with one attached hydrogen (secondary N) is 1. The minimum absolute atomic E-state index is 0.424. The molecule has 1 unspecified atom stereocenters. The molecule has 0 amide bonds. The third-order valence-corrected chi connectivity index (χ3v) is 2.16. The molecule has 13 heavy (non-hydrogen) atoms. The monoisotopic (exact) mass is 179 g/mol. The van der Waals surface area contributed by atoms with Gasteiger partial charge in [-0.25, -0.2) is 0 Å². The van der Waals surface area contributed by atoms with Gasteiger partial charge >= 0.3 is 0 Å². The first-order valence-corrected chi connectivity index (χ1v) is 4.77. The Kier molecular flexibility index (Phi) is 6.25. The molecule has 0 aromatic rings. The van der Waals surface area contributed by atoms with Gasteiger partial charge in [-0.1, -0.05) is 29.4 Å². The normalized spacial score (nSPS) is 15.7. The Morgan fingerprint density at radius 3 is 2.54 bits per heavy atom. The Bertz CT molecular complexity index is 211. The molecule has 0 spiro atoms. The summed E-state index contributed by atoms with van der Waals surface area (Å²) in [6.45, 7) is 13.0. The van der Waals surface area contributed by atoms with E-state index in [2.05, 4.69) is 51.7 Å². The van der Waals surface area contributed by atoms with Crippen LogP contribution in [-0.2, 0) is 0 Å². The minimum Gasteiger partial charge on any atom is -0.307 e. The van der Waals surface area contributed by atoms with Crippen molar-refractivity contribution in [2.75, 3.05) is 6.54 Å². The van der Waals surface area contributed by atoms with E-state index in [1.54, 1.807) is 0 Å². The third kappa shape index (κ3) is 5.42. The molecule has 0 fully saturated rings. The molecular weight excluding hydrogens is 158 g/mol. The quantitative estimate of drug-likeness (QED) is 0.505. The van der Waals surface area contributed by atoms with Gasteiger partial charge in [0.1, 0.15) is 0 Å². The van der Waals surface area contributed by atoms with Gasteiger partial charge in [-0.2, -0.15) is 0 Å². The van der Waals surface area contributed by atoms with E-state index in [9.17, 15) is 0 Å². The molecule has 74 valence electrons. The van der Waals surface area contributed by atoms with Crippen molar-refractivity contribution in [1.82, 2.24) is 5.32 Å². The van der Waals surface area contributed by atoms with E-state index in [1.165, 1.54) is 11.1 Å². The molecule has 0 aliphatic carbocycles. The highest BCUT2D eigenvalue weighted by molar-refractivity contribution is 5.22. The van der Waals surface area contributed by atoms with Crippen LogP contribution in [0, 0.1) is 0 Å². The van der Waals surface area contributed by atoms with Crippen LogP contribution in [0.4, 0.5) is 0 Å². The summed E-state index contributed by atoms with van der Waals surface area (Å²) >= 11 is 0. The topological polar surface area (TPSA) is 12.0 Å². The van der Waals surface area contributed by atoms with E-state index < -0.39 is 0 Å². The molecule has 0 radical (unpaired) electrons. The van der Waals surface area contributed by atoms with Crippen molar-refractivity contribution in [3.05, 3.63) is 36.0 Å². The molecule has 0 aliphatic rings. The number of hydrogen-bond acceptors (Lipinski definition) is 1. The summed E-state index contributed by atoms with van der Waals surface area (Å²) in [6, 6.07) is 0.424. The first-order chi connectivity index (χ1) is 6.11. The molecule has 1 atom stereocenters. The molecule has 1 heteroatoms. The van der Waals surface area contributed by atoms with Gasteiger partial charge in [0.05, 0.1) is 0 Å². The Balaban J connectivity index is 4.15. The summed E-state index contributed by atoms with van der Waals surface area (Å²) in [5, 5.41) is 3.35. The van der Waals surface area contributed by atoms with E-state index in [4.69, 9.17) is 0 Å². The first kappa shape index (κ1) is 12.2. The van der Waals surface area contributed by atoms with Gasteiger partial charge in [0.25, 0.3) is 0 Å². The van der Waals surface area contributed by atoms with Crippen molar-refractivity contribution in [3.8, 4) is 0 Å². The zero-order valence-corrected chi connectivity index (χ0v) is 9.22. The third-order valence-electron chi connectivity index (χ3n) is 2.16. The van der Waals surface area contributed by atoms with E-state index in [-0.39, 0.29) is 0 Å². The Morgan fingerprint density at radius 2 is 2.08 bits per heavy atom. The predicted octanol–water partition coefficient (Wildman–Crippen LogP) is 3.06. The van der Waals surface area contributed by atoms with Crippen molar-refractivity contribution in [3.63, 3.8) is 0 Å². The van der Waals surface area contributed by atoms with E-state index >= 15 is 0 Å². The van der Waals surface area contributed by atoms with Crippen molar-refractivity contribution in [2.45, 2.75) is 33.7 Å². The Labute approximate surface area is 82.2 Å². The first-order valence-electron chi connectivity index (χ1n) is 4.77. The van der Waals surface area contributed by atoms with Crippen LogP contribution in [-0.4, -0.2) is 12.6 Å². The molecule has 0 saturated carbocycles. The highest BCUT2D eigenvalue weighted by atomic mass is 14.9. The van der Waals surface area contributed by atoms with E-state index in [0.29, 0.717) is 6.04 Å². The van der Waals surface area contributed by atoms with Gasteiger partial charge in [0.2, 0.25) is 0 Å². The Morgan fingerprint density at radius 1 is 1.46 bits per heavy atom. The fraction of sp³-hybridized carbons (Fsp3) is 0.500. The van der Waals surface area contributed by atoms with Crippen molar-refractivity contribution in [1.29, 1.82) is 0 Å². The molecule has 1 nitrogen and oxygen atoms in total. The molecule has 0 bridgehead atoms. The van der Waals surface area contributed by atoms with Gasteiger partial charge in [-0.05, 0) is 27.7 Å². The average Bonchev–Trinajstić information content (AvgIpc) is 2.13. The standard InChI is InChI=1S/C12H21N/c1-6-8-13-12(5)11(4)9-10(3)7-2/h6-7,9,12-13H,1,8H2,2-5H3/b10-7-,11-9+. The lowest BCUT2D eigenvalue weighted by Crippen LogP contribution is -2.26.